The van der Waals surface area contributed by atoms with Crippen molar-refractivity contribution in [2.24, 2.45) is 0 Å². The van der Waals surface area contributed by atoms with Crippen LogP contribution in [0.3, 0.4) is 0 Å². The molecule has 236 valence electrons. The predicted octanol–water partition coefficient (Wildman–Crippen LogP) is 6.41. The minimum atomic E-state index is -4.17. The van der Waals surface area contributed by atoms with Gasteiger partial charge in [0, 0.05) is 32.1 Å². The van der Waals surface area contributed by atoms with E-state index in [-0.39, 0.29) is 28.6 Å². The van der Waals surface area contributed by atoms with Gasteiger partial charge in [-0.2, -0.15) is 0 Å². The lowest BCUT2D eigenvalue weighted by molar-refractivity contribution is -0.124. The first-order valence-corrected chi connectivity index (χ1v) is 16.3. The molecule has 44 heavy (non-hydrogen) atoms. The maximum atomic E-state index is 14.1. The monoisotopic (exact) mass is 621 g/mol. The number of unbranched alkanes of at least 4 members (excludes halogenated alkanes) is 5. The number of aromatic nitrogens is 1. The number of aryl methyl sites for hydroxylation is 1. The molecule has 10 heteroatoms. The quantitative estimate of drug-likeness (QED) is 0.103. The van der Waals surface area contributed by atoms with E-state index >= 15 is 0 Å². The molecule has 0 N–H and O–H groups in total. The van der Waals surface area contributed by atoms with Crippen LogP contribution in [0.25, 0.3) is 6.08 Å². The summed E-state index contributed by atoms with van der Waals surface area (Å²) in [6.45, 7) is 4.49. The van der Waals surface area contributed by atoms with Gasteiger partial charge in [-0.05, 0) is 78.6 Å². The van der Waals surface area contributed by atoms with Gasteiger partial charge in [0.2, 0.25) is 5.91 Å². The Kier molecular flexibility index (Phi) is 13.0. The van der Waals surface area contributed by atoms with Gasteiger partial charge >= 0.3 is 5.97 Å². The Morgan fingerprint density at radius 1 is 0.977 bits per heavy atom. The van der Waals surface area contributed by atoms with Crippen LogP contribution in [0.15, 0.2) is 71.9 Å². The summed E-state index contributed by atoms with van der Waals surface area (Å²) >= 11 is 0. The zero-order chi connectivity index (χ0) is 32.1. The first-order chi connectivity index (χ1) is 21.1. The highest BCUT2D eigenvalue weighted by atomic mass is 32.2. The highest BCUT2D eigenvalue weighted by molar-refractivity contribution is 7.92. The lowest BCUT2D eigenvalue weighted by Gasteiger charge is -2.28. The van der Waals surface area contributed by atoms with Gasteiger partial charge in [-0.3, -0.25) is 14.1 Å². The molecule has 0 aliphatic carbocycles. The van der Waals surface area contributed by atoms with Gasteiger partial charge in [0.05, 0.1) is 36.9 Å². The van der Waals surface area contributed by atoms with Gasteiger partial charge in [0.25, 0.3) is 10.0 Å². The van der Waals surface area contributed by atoms with E-state index in [2.05, 4.69) is 11.9 Å². The summed E-state index contributed by atoms with van der Waals surface area (Å²) in [5.41, 5.74) is 1.95. The molecule has 0 spiro atoms. The number of esters is 1. The number of pyridine rings is 1. The minimum absolute atomic E-state index is 0.0281. The Labute approximate surface area is 261 Å². The Balaban J connectivity index is 1.98. The third kappa shape index (κ3) is 9.16. The standard InChI is InChI=1S/C34H43N3O6S/c1-6-7-8-9-10-11-21-36(3)32(38)19-14-27-22-26(2)33(31(23-27)34(39)43-5)37(25-28-13-12-20-35-24-28)44(40,41)30-17-15-29(42-4)16-18-30/h12-20,22-24H,6-11,21,25H2,1-5H3. The van der Waals surface area contributed by atoms with Gasteiger partial charge in [-0.25, -0.2) is 13.2 Å². The Morgan fingerprint density at radius 3 is 2.32 bits per heavy atom. The zero-order valence-corrected chi connectivity index (χ0v) is 27.1. The molecule has 1 aromatic heterocycles. The van der Waals surface area contributed by atoms with Crippen molar-refractivity contribution in [1.29, 1.82) is 0 Å². The van der Waals surface area contributed by atoms with Crippen molar-refractivity contribution in [2.45, 2.75) is 63.8 Å². The summed E-state index contributed by atoms with van der Waals surface area (Å²) in [5.74, 6) is -0.344. The summed E-state index contributed by atoms with van der Waals surface area (Å²) in [6.07, 6.45) is 13.1. The van der Waals surface area contributed by atoms with Crippen molar-refractivity contribution in [1.82, 2.24) is 9.88 Å². The van der Waals surface area contributed by atoms with E-state index in [1.54, 1.807) is 73.7 Å². The Morgan fingerprint density at radius 2 is 1.68 bits per heavy atom. The number of likely N-dealkylation sites (N-methyl/N-ethyl adjacent to an activating group) is 1. The molecule has 1 heterocycles. The molecule has 0 bridgehead atoms. The molecular formula is C34H43N3O6S. The Bertz CT molecular complexity index is 1520. The second kappa shape index (κ2) is 16.6. The number of amides is 1. The summed E-state index contributed by atoms with van der Waals surface area (Å²) in [4.78, 5) is 31.8. The van der Waals surface area contributed by atoms with Gasteiger partial charge in [-0.1, -0.05) is 45.1 Å². The molecule has 2 aromatic carbocycles. The minimum Gasteiger partial charge on any atom is -0.497 e. The SMILES string of the molecule is CCCCCCCCN(C)C(=O)C=Cc1cc(C)c(N(Cc2cccnc2)S(=O)(=O)c2ccc(OC)cc2)c(C(=O)OC)c1. The first kappa shape index (κ1) is 34.3. The van der Waals surface area contributed by atoms with Crippen LogP contribution in [0, 0.1) is 6.92 Å². The number of sulfonamides is 1. The molecule has 9 nitrogen and oxygen atoms in total. The fourth-order valence-corrected chi connectivity index (χ4v) is 6.39. The number of anilines is 1. The predicted molar refractivity (Wildman–Crippen MR) is 173 cm³/mol. The number of benzene rings is 2. The molecule has 0 saturated heterocycles. The van der Waals surface area contributed by atoms with Crippen LogP contribution in [-0.4, -0.2) is 58.0 Å². The second-order valence-electron chi connectivity index (χ2n) is 10.6. The van der Waals surface area contributed by atoms with Crippen molar-refractivity contribution < 1.29 is 27.5 Å². The molecule has 3 rings (SSSR count). The van der Waals surface area contributed by atoms with Gasteiger partial charge in [0.15, 0.2) is 0 Å². The van der Waals surface area contributed by atoms with Crippen molar-refractivity contribution in [3.8, 4) is 5.75 Å². The van der Waals surface area contributed by atoms with E-state index in [4.69, 9.17) is 9.47 Å². The number of rotatable bonds is 16. The summed E-state index contributed by atoms with van der Waals surface area (Å²) in [5, 5.41) is 0. The van der Waals surface area contributed by atoms with Crippen molar-refractivity contribution >= 4 is 33.7 Å². The van der Waals surface area contributed by atoms with E-state index in [1.807, 2.05) is 0 Å². The maximum absolute atomic E-state index is 14.1. The molecular weight excluding hydrogens is 578 g/mol. The van der Waals surface area contributed by atoms with E-state index in [0.717, 1.165) is 12.8 Å². The van der Waals surface area contributed by atoms with Crippen LogP contribution >= 0.6 is 0 Å². The molecule has 0 saturated carbocycles. The number of methoxy groups -OCH3 is 2. The van der Waals surface area contributed by atoms with Gasteiger partial charge < -0.3 is 14.4 Å². The smallest absolute Gasteiger partial charge is 0.340 e. The van der Waals surface area contributed by atoms with Crippen molar-refractivity contribution in [3.63, 3.8) is 0 Å². The number of hydrogen-bond donors (Lipinski definition) is 0. The first-order valence-electron chi connectivity index (χ1n) is 14.8. The highest BCUT2D eigenvalue weighted by Crippen LogP contribution is 2.34. The number of ether oxygens (including phenoxy) is 2. The third-order valence-electron chi connectivity index (χ3n) is 7.32. The van der Waals surface area contributed by atoms with Crippen LogP contribution in [0.4, 0.5) is 5.69 Å². The van der Waals surface area contributed by atoms with Crippen LogP contribution in [-0.2, 0) is 26.1 Å². The molecule has 0 fully saturated rings. The van der Waals surface area contributed by atoms with E-state index < -0.39 is 16.0 Å². The fraction of sp³-hybridized carbons (Fsp3) is 0.382. The van der Waals surface area contributed by atoms with Crippen LogP contribution in [0.1, 0.15) is 72.5 Å². The average Bonchev–Trinajstić information content (AvgIpc) is 3.04. The van der Waals surface area contributed by atoms with Crippen molar-refractivity contribution in [2.75, 3.05) is 32.1 Å². The van der Waals surface area contributed by atoms with E-state index in [9.17, 15) is 18.0 Å². The summed E-state index contributed by atoms with van der Waals surface area (Å²) < 4.78 is 39.8. The average molecular weight is 622 g/mol. The number of carbonyl (C=O) groups is 2. The van der Waals surface area contributed by atoms with Gasteiger partial charge in [-0.15, -0.1) is 0 Å². The topological polar surface area (TPSA) is 106 Å². The zero-order valence-electron chi connectivity index (χ0n) is 26.3. The number of hydrogen-bond acceptors (Lipinski definition) is 7. The largest absolute Gasteiger partial charge is 0.497 e. The summed E-state index contributed by atoms with van der Waals surface area (Å²) in [6, 6.07) is 12.8. The molecule has 0 aliphatic heterocycles. The lowest BCUT2D eigenvalue weighted by atomic mass is 10.0. The molecule has 1 amide bonds. The summed E-state index contributed by atoms with van der Waals surface area (Å²) in [7, 11) is 0.350. The van der Waals surface area contributed by atoms with Crippen LogP contribution in [0.5, 0.6) is 5.75 Å². The van der Waals surface area contributed by atoms with Crippen LogP contribution in [0.2, 0.25) is 0 Å². The lowest BCUT2D eigenvalue weighted by Crippen LogP contribution is -2.33. The highest BCUT2D eigenvalue weighted by Gasteiger charge is 2.31. The normalized spacial score (nSPS) is 11.4. The Hall–Kier alpha value is -4.18. The second-order valence-corrected chi connectivity index (χ2v) is 12.5. The molecule has 0 unspecified atom stereocenters. The third-order valence-corrected chi connectivity index (χ3v) is 9.08. The maximum Gasteiger partial charge on any atom is 0.340 e. The molecule has 0 atom stereocenters. The van der Waals surface area contributed by atoms with Gasteiger partial charge in [0.1, 0.15) is 5.75 Å². The van der Waals surface area contributed by atoms with E-state index in [1.165, 1.54) is 62.4 Å². The fourth-order valence-electron chi connectivity index (χ4n) is 4.85. The van der Waals surface area contributed by atoms with E-state index in [0.29, 0.717) is 29.0 Å². The molecule has 3 aromatic rings. The van der Waals surface area contributed by atoms with Crippen molar-refractivity contribution in [3.05, 3.63) is 89.3 Å². The van der Waals surface area contributed by atoms with Crippen LogP contribution < -0.4 is 9.04 Å². The molecule has 0 aliphatic rings. The number of nitrogens with zero attached hydrogens (tertiary/aromatic N) is 3. The molecule has 0 radical (unpaired) electrons. The number of carbonyl (C=O) groups excluding carboxylic acids is 2.